The second-order valence-electron chi connectivity index (χ2n) is 13.0. The van der Waals surface area contributed by atoms with E-state index in [1.807, 2.05) is 134 Å². The molecule has 0 fully saturated rings. The zero-order valence-corrected chi connectivity index (χ0v) is 36.6. The molecule has 10 rings (SSSR count). The Morgan fingerprint density at radius 3 is 0.969 bits per heavy atom. The van der Waals surface area contributed by atoms with Crippen LogP contribution in [-0.4, -0.2) is 72.4 Å². The Labute approximate surface area is 394 Å². The number of fused-ring (bicyclic) bond motifs is 2. The van der Waals surface area contributed by atoms with E-state index in [1.54, 1.807) is 34.1 Å². The van der Waals surface area contributed by atoms with Crippen LogP contribution in [0.25, 0.3) is 78.4 Å². The molecule has 0 amide bonds. The van der Waals surface area contributed by atoms with Gasteiger partial charge in [0.05, 0.1) is 12.4 Å². The Hall–Kier alpha value is -8.26. The second kappa shape index (κ2) is 23.8. The maximum atomic E-state index is 7.13. The SMILES string of the molecule is C(=N\n1c(-c2ccccn2)nnc1-c1ccccn1)/c1cccc2ccccc12.C(=N\n1c(-c2ccccn2)nnc1-c1ccccn1)/c1cccc2ccccc12.[Fe+2].[N-]=C=S.[N-]=C=S. The van der Waals surface area contributed by atoms with Crippen molar-refractivity contribution in [3.05, 3.63) is 204 Å². The van der Waals surface area contributed by atoms with E-state index in [-0.39, 0.29) is 17.1 Å². The first kappa shape index (κ1) is 46.2. The van der Waals surface area contributed by atoms with Crippen molar-refractivity contribution in [2.45, 2.75) is 0 Å². The summed E-state index contributed by atoms with van der Waals surface area (Å²) in [7, 11) is 0. The molecular formula is C48H32FeN14S2. The minimum absolute atomic E-state index is 0. The van der Waals surface area contributed by atoms with Gasteiger partial charge in [-0.1, -0.05) is 134 Å². The van der Waals surface area contributed by atoms with Crippen LogP contribution < -0.4 is 0 Å². The number of aromatic nitrogens is 10. The molecule has 6 aromatic heterocycles. The number of pyridine rings is 4. The molecule has 0 saturated carbocycles. The topological polar surface area (TPSA) is 182 Å². The van der Waals surface area contributed by atoms with Crippen molar-refractivity contribution in [3.8, 4) is 46.1 Å². The summed E-state index contributed by atoms with van der Waals surface area (Å²) in [5.74, 6) is 2.23. The van der Waals surface area contributed by atoms with Crippen LogP contribution in [0.2, 0.25) is 0 Å². The van der Waals surface area contributed by atoms with Crippen LogP contribution in [0.1, 0.15) is 11.1 Å². The van der Waals surface area contributed by atoms with Gasteiger partial charge in [-0.05, 0) is 70.1 Å². The molecule has 0 aliphatic carbocycles. The number of benzene rings is 4. The summed E-state index contributed by atoms with van der Waals surface area (Å²) < 4.78 is 3.37. The van der Waals surface area contributed by atoms with E-state index in [1.165, 1.54) is 10.3 Å². The second-order valence-corrected chi connectivity index (χ2v) is 13.4. The van der Waals surface area contributed by atoms with E-state index in [0.717, 1.165) is 32.7 Å². The third kappa shape index (κ3) is 11.6. The molecule has 0 bridgehead atoms. The van der Waals surface area contributed by atoms with Gasteiger partial charge in [0.1, 0.15) is 22.8 Å². The van der Waals surface area contributed by atoms with Crippen molar-refractivity contribution < 1.29 is 17.1 Å². The summed E-state index contributed by atoms with van der Waals surface area (Å²) in [5.41, 5.74) is 4.79. The zero-order valence-electron chi connectivity index (χ0n) is 33.9. The van der Waals surface area contributed by atoms with Crippen LogP contribution in [0, 0.1) is 0 Å². The van der Waals surface area contributed by atoms with E-state index >= 15 is 0 Å². The zero-order chi connectivity index (χ0) is 44.4. The van der Waals surface area contributed by atoms with E-state index < -0.39 is 0 Å². The standard InChI is InChI=1S/2C23H16N6.2CNS.Fe/c2*1-2-11-19-17(8-1)9-7-10-18(19)16-26-29-22(20-12-3-5-14-24-20)27-28-23(29)21-13-4-6-15-25-21;2*2-1-3;/h2*1-16H;;;/q;;2*-1;+2/b2*26-16+;;;. The van der Waals surface area contributed by atoms with Crippen molar-refractivity contribution in [3.63, 3.8) is 0 Å². The van der Waals surface area contributed by atoms with Gasteiger partial charge in [0.2, 0.25) is 23.3 Å². The summed E-state index contributed by atoms with van der Waals surface area (Å²) >= 11 is 7.40. The fourth-order valence-electron chi connectivity index (χ4n) is 6.36. The summed E-state index contributed by atoms with van der Waals surface area (Å²) in [4.78, 5) is 17.6. The molecule has 0 spiro atoms. The van der Waals surface area contributed by atoms with Crippen LogP contribution in [0.5, 0.6) is 0 Å². The molecule has 17 heteroatoms. The number of hydrogen-bond acceptors (Lipinski definition) is 12. The molecule has 0 radical (unpaired) electrons. The molecule has 6 heterocycles. The van der Waals surface area contributed by atoms with Crippen LogP contribution in [0.3, 0.4) is 0 Å². The molecule has 0 atom stereocenters. The predicted molar refractivity (Wildman–Crippen MR) is 259 cm³/mol. The average molecular weight is 925 g/mol. The minimum Gasteiger partial charge on any atom is -0.753 e. The molecule has 14 nitrogen and oxygen atoms in total. The third-order valence-electron chi connectivity index (χ3n) is 9.13. The third-order valence-corrected chi connectivity index (χ3v) is 9.13. The fraction of sp³-hybridized carbons (Fsp3) is 0. The predicted octanol–water partition coefficient (Wildman–Crippen LogP) is 10.2. The van der Waals surface area contributed by atoms with Crippen molar-refractivity contribution in [1.29, 1.82) is 0 Å². The van der Waals surface area contributed by atoms with Gasteiger partial charge in [0.25, 0.3) is 0 Å². The maximum absolute atomic E-state index is 7.13. The maximum Gasteiger partial charge on any atom is 2.00 e. The van der Waals surface area contributed by atoms with Gasteiger partial charge in [0, 0.05) is 35.9 Å². The van der Waals surface area contributed by atoms with Gasteiger partial charge in [-0.25, -0.2) is 0 Å². The molecule has 0 aliphatic heterocycles. The number of rotatable bonds is 8. The molecular weight excluding hydrogens is 893 g/mol. The summed E-state index contributed by atoms with van der Waals surface area (Å²) in [6, 6.07) is 51.4. The Bertz CT molecular complexity index is 2880. The first-order chi connectivity index (χ1) is 31.6. The Morgan fingerprint density at radius 1 is 0.400 bits per heavy atom. The monoisotopic (exact) mass is 924 g/mol. The van der Waals surface area contributed by atoms with Crippen LogP contribution in [0.4, 0.5) is 0 Å². The Balaban J connectivity index is 0.000000190. The normalized spacial score (nSPS) is 10.3. The molecule has 0 unspecified atom stereocenters. The minimum atomic E-state index is 0. The van der Waals surface area contributed by atoms with E-state index in [2.05, 4.69) is 101 Å². The average Bonchev–Trinajstić information content (AvgIpc) is 3.99. The number of nitrogens with zero attached hydrogens (tertiary/aromatic N) is 14. The van der Waals surface area contributed by atoms with Gasteiger partial charge >= 0.3 is 17.1 Å². The summed E-state index contributed by atoms with van der Waals surface area (Å²) in [5, 5.41) is 48.3. The van der Waals surface area contributed by atoms with Crippen molar-refractivity contribution >= 4 is 68.7 Å². The fourth-order valence-corrected chi connectivity index (χ4v) is 6.36. The number of hydrogen-bond donors (Lipinski definition) is 0. The molecule has 0 N–H and O–H groups in total. The number of isothiocyanates is 2. The van der Waals surface area contributed by atoms with Gasteiger partial charge in [-0.2, -0.15) is 29.9 Å². The Morgan fingerprint density at radius 2 is 0.677 bits per heavy atom. The first-order valence-electron chi connectivity index (χ1n) is 19.3. The van der Waals surface area contributed by atoms with Crippen molar-refractivity contribution in [2.75, 3.05) is 0 Å². The Kier molecular flexibility index (Phi) is 16.9. The summed E-state index contributed by atoms with van der Waals surface area (Å²) in [6.45, 7) is 0. The van der Waals surface area contributed by atoms with E-state index in [0.29, 0.717) is 46.1 Å². The van der Waals surface area contributed by atoms with Crippen LogP contribution in [0.15, 0.2) is 193 Å². The molecule has 0 saturated heterocycles. The molecule has 314 valence electrons. The quantitative estimate of drug-likeness (QED) is 0.0808. The van der Waals surface area contributed by atoms with Crippen LogP contribution >= 0.6 is 24.4 Å². The van der Waals surface area contributed by atoms with E-state index in [4.69, 9.17) is 21.0 Å². The van der Waals surface area contributed by atoms with Crippen LogP contribution in [-0.2, 0) is 17.1 Å². The van der Waals surface area contributed by atoms with E-state index in [9.17, 15) is 0 Å². The first-order valence-corrected chi connectivity index (χ1v) is 20.1. The smallest absolute Gasteiger partial charge is 0.753 e. The molecule has 4 aromatic carbocycles. The van der Waals surface area contributed by atoms with Crippen molar-refractivity contribution in [2.24, 2.45) is 10.2 Å². The number of thiocarbonyl (C=S) groups is 2. The molecule has 10 aromatic rings. The van der Waals surface area contributed by atoms with Gasteiger partial charge in [-0.3, -0.25) is 19.9 Å². The van der Waals surface area contributed by atoms with Gasteiger partial charge in [-0.15, -0.1) is 20.4 Å². The van der Waals surface area contributed by atoms with Crippen molar-refractivity contribution in [1.82, 2.24) is 49.7 Å². The summed E-state index contributed by atoms with van der Waals surface area (Å²) in [6.07, 6.45) is 10.5. The molecule has 65 heavy (non-hydrogen) atoms. The molecule has 0 aliphatic rings. The largest absolute Gasteiger partial charge is 2.00 e. The van der Waals surface area contributed by atoms with Gasteiger partial charge < -0.3 is 10.8 Å². The van der Waals surface area contributed by atoms with Gasteiger partial charge in [0.15, 0.2) is 0 Å².